The quantitative estimate of drug-likeness (QED) is 0.570. The summed E-state index contributed by atoms with van der Waals surface area (Å²) in [5.41, 5.74) is 0.666. The average molecular weight is 238 g/mol. The Labute approximate surface area is 109 Å². The van der Waals surface area contributed by atoms with Crippen molar-refractivity contribution in [1.29, 1.82) is 0 Å². The van der Waals surface area contributed by atoms with Gasteiger partial charge in [0.1, 0.15) is 0 Å². The molecule has 2 unspecified atom stereocenters. The summed E-state index contributed by atoms with van der Waals surface area (Å²) in [6.07, 6.45) is 12.1. The van der Waals surface area contributed by atoms with Crippen molar-refractivity contribution in [3.05, 3.63) is 72.4 Å². The number of allylic oxidation sites excluding steroid dienone is 6. The van der Waals surface area contributed by atoms with Crippen molar-refractivity contribution < 1.29 is 4.79 Å². The molecule has 1 heteroatoms. The maximum atomic E-state index is 12.0. The van der Waals surface area contributed by atoms with Gasteiger partial charge >= 0.3 is 0 Å². The van der Waals surface area contributed by atoms with Crippen LogP contribution < -0.4 is 0 Å². The fourth-order valence-electron chi connectivity index (χ4n) is 2.01. The smallest absolute Gasteiger partial charge is 0.185 e. The summed E-state index contributed by atoms with van der Waals surface area (Å²) < 4.78 is 0. The Morgan fingerprint density at radius 3 is 2.61 bits per heavy atom. The van der Waals surface area contributed by atoms with E-state index in [-0.39, 0.29) is 11.2 Å². The van der Waals surface area contributed by atoms with Crippen molar-refractivity contribution in [3.63, 3.8) is 0 Å². The molecule has 0 bridgehead atoms. The molecule has 0 heterocycles. The first-order valence-corrected chi connectivity index (χ1v) is 6.26. The molecule has 2 rings (SSSR count). The SMILES string of the molecule is CC1C=CC=CC1(C)C=CC(=O)c1ccccc1. The lowest BCUT2D eigenvalue weighted by Gasteiger charge is -2.29. The van der Waals surface area contributed by atoms with Crippen LogP contribution in [-0.4, -0.2) is 5.78 Å². The lowest BCUT2D eigenvalue weighted by atomic mass is 9.75. The van der Waals surface area contributed by atoms with Crippen LogP contribution in [0.4, 0.5) is 0 Å². The van der Waals surface area contributed by atoms with Gasteiger partial charge in [-0.2, -0.15) is 0 Å². The van der Waals surface area contributed by atoms with Gasteiger partial charge in [0.15, 0.2) is 5.78 Å². The highest BCUT2D eigenvalue weighted by Crippen LogP contribution is 2.34. The standard InChI is InChI=1S/C17H18O/c1-14-8-6-7-12-17(14,2)13-11-16(18)15-9-4-3-5-10-15/h3-14H,1-2H3. The van der Waals surface area contributed by atoms with Crippen molar-refractivity contribution >= 4 is 5.78 Å². The predicted octanol–water partition coefficient (Wildman–Crippen LogP) is 4.19. The van der Waals surface area contributed by atoms with Gasteiger partial charge in [-0.3, -0.25) is 4.79 Å². The van der Waals surface area contributed by atoms with Crippen LogP contribution in [-0.2, 0) is 0 Å². The van der Waals surface area contributed by atoms with Crippen LogP contribution >= 0.6 is 0 Å². The Hall–Kier alpha value is -1.89. The first kappa shape index (κ1) is 12.6. The zero-order valence-electron chi connectivity index (χ0n) is 10.8. The second-order valence-electron chi connectivity index (χ2n) is 4.96. The van der Waals surface area contributed by atoms with Crippen molar-refractivity contribution in [3.8, 4) is 0 Å². The number of benzene rings is 1. The first-order valence-electron chi connectivity index (χ1n) is 6.26. The normalized spacial score (nSPS) is 26.7. The highest BCUT2D eigenvalue weighted by Gasteiger charge is 2.25. The predicted molar refractivity (Wildman–Crippen MR) is 75.5 cm³/mol. The Balaban J connectivity index is 2.14. The fourth-order valence-corrected chi connectivity index (χ4v) is 2.01. The van der Waals surface area contributed by atoms with Crippen LogP contribution in [0.5, 0.6) is 0 Å². The van der Waals surface area contributed by atoms with Gasteiger partial charge in [-0.25, -0.2) is 0 Å². The number of hydrogen-bond acceptors (Lipinski definition) is 1. The van der Waals surface area contributed by atoms with Gasteiger partial charge in [0.2, 0.25) is 0 Å². The largest absolute Gasteiger partial charge is 0.289 e. The van der Waals surface area contributed by atoms with E-state index in [0.717, 1.165) is 5.56 Å². The van der Waals surface area contributed by atoms with E-state index in [9.17, 15) is 4.79 Å². The molecule has 0 aliphatic heterocycles. The summed E-state index contributed by atoms with van der Waals surface area (Å²) in [5, 5.41) is 0. The second kappa shape index (κ2) is 5.18. The molecule has 0 saturated carbocycles. The van der Waals surface area contributed by atoms with Crippen LogP contribution in [0, 0.1) is 11.3 Å². The van der Waals surface area contributed by atoms with E-state index in [2.05, 4.69) is 32.1 Å². The van der Waals surface area contributed by atoms with Crippen molar-refractivity contribution in [1.82, 2.24) is 0 Å². The number of ketones is 1. The van der Waals surface area contributed by atoms with E-state index in [4.69, 9.17) is 0 Å². The van der Waals surface area contributed by atoms with Gasteiger partial charge in [0.05, 0.1) is 0 Å². The second-order valence-corrected chi connectivity index (χ2v) is 4.96. The monoisotopic (exact) mass is 238 g/mol. The molecule has 0 aromatic heterocycles. The third kappa shape index (κ3) is 2.67. The molecule has 1 aromatic rings. The molecule has 0 N–H and O–H groups in total. The summed E-state index contributed by atoms with van der Waals surface area (Å²) in [6, 6.07) is 9.37. The number of carbonyl (C=O) groups is 1. The molecule has 1 aliphatic rings. The van der Waals surface area contributed by atoms with Gasteiger partial charge in [-0.05, 0) is 12.0 Å². The van der Waals surface area contributed by atoms with E-state index in [1.54, 1.807) is 6.08 Å². The molecule has 92 valence electrons. The van der Waals surface area contributed by atoms with Gasteiger partial charge in [-0.15, -0.1) is 0 Å². The number of hydrogen-bond donors (Lipinski definition) is 0. The molecule has 18 heavy (non-hydrogen) atoms. The summed E-state index contributed by atoms with van der Waals surface area (Å²) in [5.74, 6) is 0.467. The van der Waals surface area contributed by atoms with E-state index in [0.29, 0.717) is 5.92 Å². The molecule has 0 fully saturated rings. The summed E-state index contributed by atoms with van der Waals surface area (Å²) in [4.78, 5) is 12.0. The topological polar surface area (TPSA) is 17.1 Å². The van der Waals surface area contributed by atoms with Crippen LogP contribution in [0.2, 0.25) is 0 Å². The minimum atomic E-state index is -0.0702. The Bertz CT molecular complexity index is 508. The summed E-state index contributed by atoms with van der Waals surface area (Å²) >= 11 is 0. The minimum absolute atomic E-state index is 0.0620. The molecular weight excluding hydrogens is 220 g/mol. The third-order valence-electron chi connectivity index (χ3n) is 3.60. The molecule has 0 saturated heterocycles. The maximum absolute atomic E-state index is 12.0. The van der Waals surface area contributed by atoms with Crippen molar-refractivity contribution in [2.24, 2.45) is 11.3 Å². The third-order valence-corrected chi connectivity index (χ3v) is 3.60. The van der Waals surface area contributed by atoms with Crippen LogP contribution in [0.1, 0.15) is 24.2 Å². The van der Waals surface area contributed by atoms with E-state index in [1.807, 2.05) is 42.5 Å². The molecule has 2 atom stereocenters. The Kier molecular flexibility index (Phi) is 3.61. The molecule has 0 radical (unpaired) electrons. The first-order chi connectivity index (χ1) is 8.62. The molecule has 0 spiro atoms. The lowest BCUT2D eigenvalue weighted by molar-refractivity contribution is 0.104. The zero-order valence-corrected chi connectivity index (χ0v) is 10.8. The van der Waals surface area contributed by atoms with Crippen LogP contribution in [0.25, 0.3) is 0 Å². The van der Waals surface area contributed by atoms with Crippen LogP contribution in [0.3, 0.4) is 0 Å². The minimum Gasteiger partial charge on any atom is -0.289 e. The molecule has 1 aliphatic carbocycles. The molecule has 0 amide bonds. The maximum Gasteiger partial charge on any atom is 0.185 e. The highest BCUT2D eigenvalue weighted by molar-refractivity contribution is 6.04. The van der Waals surface area contributed by atoms with Crippen LogP contribution in [0.15, 0.2) is 66.8 Å². The molecule has 1 aromatic carbocycles. The van der Waals surface area contributed by atoms with Crippen molar-refractivity contribution in [2.45, 2.75) is 13.8 Å². The van der Waals surface area contributed by atoms with E-state index < -0.39 is 0 Å². The summed E-state index contributed by atoms with van der Waals surface area (Å²) in [6.45, 7) is 4.31. The van der Waals surface area contributed by atoms with E-state index >= 15 is 0 Å². The fraction of sp³-hybridized carbons (Fsp3) is 0.235. The molecular formula is C17H18O. The lowest BCUT2D eigenvalue weighted by Crippen LogP contribution is -2.20. The zero-order chi connectivity index (χ0) is 13.0. The number of rotatable bonds is 3. The Morgan fingerprint density at radius 1 is 1.22 bits per heavy atom. The van der Waals surface area contributed by atoms with Crippen molar-refractivity contribution in [2.75, 3.05) is 0 Å². The Morgan fingerprint density at radius 2 is 1.94 bits per heavy atom. The highest BCUT2D eigenvalue weighted by atomic mass is 16.1. The summed E-state index contributed by atoms with van der Waals surface area (Å²) in [7, 11) is 0. The molecule has 1 nitrogen and oxygen atoms in total. The van der Waals surface area contributed by atoms with E-state index in [1.165, 1.54) is 0 Å². The number of carbonyl (C=O) groups excluding carboxylic acids is 1. The van der Waals surface area contributed by atoms with Gasteiger partial charge in [-0.1, -0.05) is 74.6 Å². The average Bonchev–Trinajstić information content (AvgIpc) is 2.41. The van der Waals surface area contributed by atoms with Gasteiger partial charge in [0, 0.05) is 11.0 Å². The van der Waals surface area contributed by atoms with Gasteiger partial charge in [0.25, 0.3) is 0 Å². The van der Waals surface area contributed by atoms with Gasteiger partial charge < -0.3 is 0 Å².